The van der Waals surface area contributed by atoms with E-state index in [0.717, 1.165) is 61.2 Å². The first-order valence-corrected chi connectivity index (χ1v) is 8.81. The van der Waals surface area contributed by atoms with Crippen LogP contribution >= 0.6 is 0 Å². The Morgan fingerprint density at radius 1 is 0.840 bits per heavy atom. The van der Waals surface area contributed by atoms with E-state index in [1.54, 1.807) is 0 Å². The Bertz CT molecular complexity index is 749. The highest BCUT2D eigenvalue weighted by molar-refractivity contribution is 5.76. The third kappa shape index (κ3) is 3.65. The highest BCUT2D eigenvalue weighted by atomic mass is 16.4. The van der Waals surface area contributed by atoms with Gasteiger partial charge in [0.25, 0.3) is 0 Å². The molecule has 4 nitrogen and oxygen atoms in total. The molecule has 1 aliphatic heterocycles. The number of hydrogen-bond donors (Lipinski definition) is 0. The molecule has 0 radical (unpaired) electrons. The van der Waals surface area contributed by atoms with E-state index >= 15 is 0 Å². The molecule has 128 valence electrons. The SMILES string of the molecule is CN1CCN(Cc2nc(-c3ccccc3)c(-c3ccccc3)o2)CC1. The van der Waals surface area contributed by atoms with E-state index in [4.69, 9.17) is 9.40 Å². The number of hydrogen-bond acceptors (Lipinski definition) is 4. The van der Waals surface area contributed by atoms with Crippen LogP contribution in [0.5, 0.6) is 0 Å². The second kappa shape index (κ2) is 7.21. The van der Waals surface area contributed by atoms with E-state index in [9.17, 15) is 0 Å². The molecule has 0 bridgehead atoms. The predicted molar refractivity (Wildman–Crippen MR) is 100 cm³/mol. The van der Waals surface area contributed by atoms with Crippen molar-refractivity contribution in [1.29, 1.82) is 0 Å². The zero-order valence-electron chi connectivity index (χ0n) is 14.6. The summed E-state index contributed by atoms with van der Waals surface area (Å²) in [5, 5.41) is 0. The van der Waals surface area contributed by atoms with Crippen molar-refractivity contribution in [2.45, 2.75) is 6.54 Å². The number of nitrogens with zero attached hydrogens (tertiary/aromatic N) is 3. The van der Waals surface area contributed by atoms with Gasteiger partial charge in [0.05, 0.1) is 6.54 Å². The largest absolute Gasteiger partial charge is 0.439 e. The summed E-state index contributed by atoms with van der Waals surface area (Å²) >= 11 is 0. The van der Waals surface area contributed by atoms with E-state index in [1.165, 1.54) is 0 Å². The minimum atomic E-state index is 0.764. The molecule has 3 aromatic rings. The summed E-state index contributed by atoms with van der Waals surface area (Å²) in [6.07, 6.45) is 0. The Morgan fingerprint density at radius 3 is 2.08 bits per heavy atom. The minimum absolute atomic E-state index is 0.764. The topological polar surface area (TPSA) is 32.5 Å². The van der Waals surface area contributed by atoms with E-state index in [0.29, 0.717) is 0 Å². The molecule has 4 heteroatoms. The molecule has 25 heavy (non-hydrogen) atoms. The standard InChI is InChI=1S/C21H23N3O/c1-23-12-14-24(15-13-23)16-19-22-20(17-8-4-2-5-9-17)21(25-19)18-10-6-3-7-11-18/h2-11H,12-16H2,1H3. The van der Waals surface area contributed by atoms with E-state index in [1.807, 2.05) is 36.4 Å². The number of benzene rings is 2. The predicted octanol–water partition coefficient (Wildman–Crippen LogP) is 3.76. The molecule has 0 aliphatic carbocycles. The van der Waals surface area contributed by atoms with Crippen LogP contribution in [0.2, 0.25) is 0 Å². The van der Waals surface area contributed by atoms with Crippen LogP contribution in [0.15, 0.2) is 65.1 Å². The third-order valence-corrected chi connectivity index (χ3v) is 4.71. The van der Waals surface area contributed by atoms with Gasteiger partial charge in [-0.25, -0.2) is 4.98 Å². The fourth-order valence-corrected chi connectivity index (χ4v) is 3.21. The zero-order chi connectivity index (χ0) is 17.1. The second-order valence-corrected chi connectivity index (χ2v) is 6.60. The summed E-state index contributed by atoms with van der Waals surface area (Å²) < 4.78 is 6.22. The highest BCUT2D eigenvalue weighted by Crippen LogP contribution is 2.32. The number of oxazole rings is 1. The lowest BCUT2D eigenvalue weighted by atomic mass is 10.1. The Morgan fingerprint density at radius 2 is 1.44 bits per heavy atom. The monoisotopic (exact) mass is 333 g/mol. The Labute approximate surface area is 148 Å². The lowest BCUT2D eigenvalue weighted by Gasteiger charge is -2.31. The Kier molecular flexibility index (Phi) is 4.63. The molecule has 4 rings (SSSR count). The van der Waals surface area contributed by atoms with Crippen molar-refractivity contribution in [2.24, 2.45) is 0 Å². The van der Waals surface area contributed by atoms with Gasteiger partial charge in [0.2, 0.25) is 5.89 Å². The number of aromatic nitrogens is 1. The van der Waals surface area contributed by atoms with Gasteiger partial charge in [-0.15, -0.1) is 0 Å². The van der Waals surface area contributed by atoms with Gasteiger partial charge >= 0.3 is 0 Å². The van der Waals surface area contributed by atoms with Crippen LogP contribution in [0.25, 0.3) is 22.6 Å². The van der Waals surface area contributed by atoms with Gasteiger partial charge in [-0.05, 0) is 7.05 Å². The van der Waals surface area contributed by atoms with Gasteiger partial charge in [0.15, 0.2) is 5.76 Å². The molecule has 2 heterocycles. The molecule has 1 aromatic heterocycles. The fourth-order valence-electron chi connectivity index (χ4n) is 3.21. The Hall–Kier alpha value is -2.43. The van der Waals surface area contributed by atoms with Crippen LogP contribution in [-0.4, -0.2) is 48.0 Å². The molecule has 2 aromatic carbocycles. The summed E-state index contributed by atoms with van der Waals surface area (Å²) in [5.74, 6) is 1.65. The van der Waals surface area contributed by atoms with Crippen molar-refractivity contribution < 1.29 is 4.42 Å². The van der Waals surface area contributed by atoms with Crippen molar-refractivity contribution in [1.82, 2.24) is 14.8 Å². The summed E-state index contributed by atoms with van der Waals surface area (Å²) in [6.45, 7) is 5.07. The fraction of sp³-hybridized carbons (Fsp3) is 0.286. The average molecular weight is 333 g/mol. The summed E-state index contributed by atoms with van der Waals surface area (Å²) in [6, 6.07) is 20.5. The van der Waals surface area contributed by atoms with Crippen LogP contribution < -0.4 is 0 Å². The summed E-state index contributed by atoms with van der Waals surface area (Å²) in [5.41, 5.74) is 3.09. The van der Waals surface area contributed by atoms with Crippen molar-refractivity contribution in [3.63, 3.8) is 0 Å². The first-order valence-electron chi connectivity index (χ1n) is 8.81. The van der Waals surface area contributed by atoms with Crippen molar-refractivity contribution in [3.8, 4) is 22.6 Å². The second-order valence-electron chi connectivity index (χ2n) is 6.60. The van der Waals surface area contributed by atoms with Gasteiger partial charge in [0.1, 0.15) is 5.69 Å². The molecule has 0 saturated carbocycles. The molecule has 0 atom stereocenters. The average Bonchev–Trinajstić information content (AvgIpc) is 3.09. The van der Waals surface area contributed by atoms with Crippen LogP contribution in [0, 0.1) is 0 Å². The first-order chi connectivity index (χ1) is 12.3. The summed E-state index contributed by atoms with van der Waals surface area (Å²) in [4.78, 5) is 9.62. The van der Waals surface area contributed by atoms with Crippen molar-refractivity contribution in [3.05, 3.63) is 66.6 Å². The highest BCUT2D eigenvalue weighted by Gasteiger charge is 2.20. The van der Waals surface area contributed by atoms with E-state index < -0.39 is 0 Å². The van der Waals surface area contributed by atoms with Crippen LogP contribution in [0.4, 0.5) is 0 Å². The molecule has 1 saturated heterocycles. The summed E-state index contributed by atoms with van der Waals surface area (Å²) in [7, 11) is 2.17. The van der Waals surface area contributed by atoms with Gasteiger partial charge in [-0.2, -0.15) is 0 Å². The quantitative estimate of drug-likeness (QED) is 0.728. The molecular weight excluding hydrogens is 310 g/mol. The lowest BCUT2D eigenvalue weighted by Crippen LogP contribution is -2.43. The maximum atomic E-state index is 6.22. The maximum Gasteiger partial charge on any atom is 0.209 e. The smallest absolute Gasteiger partial charge is 0.209 e. The normalized spacial score (nSPS) is 16.2. The van der Waals surface area contributed by atoms with Crippen LogP contribution in [0.1, 0.15) is 5.89 Å². The molecular formula is C21H23N3O. The number of rotatable bonds is 4. The minimum Gasteiger partial charge on any atom is -0.439 e. The van der Waals surface area contributed by atoms with Crippen molar-refractivity contribution in [2.75, 3.05) is 33.2 Å². The lowest BCUT2D eigenvalue weighted by molar-refractivity contribution is 0.138. The third-order valence-electron chi connectivity index (χ3n) is 4.71. The molecule has 0 amide bonds. The van der Waals surface area contributed by atoms with Gasteiger partial charge in [0, 0.05) is 37.3 Å². The molecule has 0 N–H and O–H groups in total. The van der Waals surface area contributed by atoms with Crippen LogP contribution in [-0.2, 0) is 6.54 Å². The Balaban J connectivity index is 1.66. The van der Waals surface area contributed by atoms with Gasteiger partial charge in [-0.3, -0.25) is 4.90 Å². The first kappa shape index (κ1) is 16.1. The number of piperazine rings is 1. The zero-order valence-corrected chi connectivity index (χ0v) is 14.6. The van der Waals surface area contributed by atoms with E-state index in [2.05, 4.69) is 41.1 Å². The maximum absolute atomic E-state index is 6.22. The van der Waals surface area contributed by atoms with Gasteiger partial charge in [-0.1, -0.05) is 60.7 Å². The van der Waals surface area contributed by atoms with Crippen molar-refractivity contribution >= 4 is 0 Å². The number of likely N-dealkylation sites (N-methyl/N-ethyl adjacent to an activating group) is 1. The molecule has 1 fully saturated rings. The van der Waals surface area contributed by atoms with Gasteiger partial charge < -0.3 is 9.32 Å². The van der Waals surface area contributed by atoms with E-state index in [-0.39, 0.29) is 0 Å². The van der Waals surface area contributed by atoms with Crippen LogP contribution in [0.3, 0.4) is 0 Å². The molecule has 0 unspecified atom stereocenters. The molecule has 0 spiro atoms. The molecule has 1 aliphatic rings.